The Kier molecular flexibility index (Phi) is 3.07. The van der Waals surface area contributed by atoms with E-state index in [4.69, 9.17) is 5.84 Å². The van der Waals surface area contributed by atoms with Gasteiger partial charge in [-0.25, -0.2) is 5.84 Å². The van der Waals surface area contributed by atoms with Crippen LogP contribution in [0.2, 0.25) is 0 Å². The number of hydrogen-bond donors (Lipinski definition) is 2. The second-order valence-electron chi connectivity index (χ2n) is 2.15. The lowest BCUT2D eigenvalue weighted by molar-refractivity contribution is -0.121. The standard InChI is InChI=1S/C7H10N2OS/c8-9-7(10)4-3-6-2-1-5-11-6/h1-2,5H,3-4,8H2,(H,9,10). The van der Waals surface area contributed by atoms with Crippen LogP contribution in [-0.2, 0) is 11.2 Å². The van der Waals surface area contributed by atoms with Gasteiger partial charge in [-0.15, -0.1) is 11.3 Å². The maximum absolute atomic E-state index is 10.7. The third-order valence-corrected chi connectivity index (χ3v) is 2.28. The van der Waals surface area contributed by atoms with Crippen LogP contribution in [0, 0.1) is 0 Å². The smallest absolute Gasteiger partial charge is 0.234 e. The lowest BCUT2D eigenvalue weighted by Crippen LogP contribution is -2.29. The van der Waals surface area contributed by atoms with E-state index in [0.717, 1.165) is 6.42 Å². The average molecular weight is 170 g/mol. The van der Waals surface area contributed by atoms with Crippen LogP contribution in [0.4, 0.5) is 0 Å². The molecule has 0 aromatic carbocycles. The van der Waals surface area contributed by atoms with Gasteiger partial charge in [-0.1, -0.05) is 6.07 Å². The summed E-state index contributed by atoms with van der Waals surface area (Å²) in [6.07, 6.45) is 1.25. The fraction of sp³-hybridized carbons (Fsp3) is 0.286. The van der Waals surface area contributed by atoms with Gasteiger partial charge in [0.15, 0.2) is 0 Å². The van der Waals surface area contributed by atoms with E-state index in [1.165, 1.54) is 4.88 Å². The number of nitrogens with one attached hydrogen (secondary N) is 1. The molecule has 0 aliphatic rings. The number of hydrazine groups is 1. The Labute approximate surface area is 69.2 Å². The van der Waals surface area contributed by atoms with Crippen molar-refractivity contribution in [3.8, 4) is 0 Å². The zero-order valence-electron chi connectivity index (χ0n) is 6.04. The summed E-state index contributed by atoms with van der Waals surface area (Å²) in [6.45, 7) is 0. The fourth-order valence-electron chi connectivity index (χ4n) is 0.764. The molecular formula is C7H10N2OS. The molecule has 1 rings (SSSR count). The molecule has 1 amide bonds. The number of carbonyl (C=O) groups is 1. The number of nitrogens with two attached hydrogens (primary N) is 1. The number of rotatable bonds is 3. The van der Waals surface area contributed by atoms with Crippen LogP contribution in [0.5, 0.6) is 0 Å². The number of hydrogen-bond acceptors (Lipinski definition) is 3. The Bertz CT molecular complexity index is 220. The third kappa shape index (κ3) is 2.69. The molecule has 3 nitrogen and oxygen atoms in total. The molecule has 1 aromatic rings. The van der Waals surface area contributed by atoms with E-state index in [0.29, 0.717) is 6.42 Å². The Hall–Kier alpha value is -0.870. The molecule has 0 aliphatic carbocycles. The molecule has 1 heterocycles. The monoisotopic (exact) mass is 170 g/mol. The highest BCUT2D eigenvalue weighted by Gasteiger charge is 1.99. The maximum Gasteiger partial charge on any atom is 0.234 e. The molecule has 1 aromatic heterocycles. The molecule has 11 heavy (non-hydrogen) atoms. The molecule has 0 unspecified atom stereocenters. The zero-order chi connectivity index (χ0) is 8.10. The van der Waals surface area contributed by atoms with E-state index in [9.17, 15) is 4.79 Å². The molecule has 0 bridgehead atoms. The van der Waals surface area contributed by atoms with E-state index in [2.05, 4.69) is 5.43 Å². The first kappa shape index (κ1) is 8.23. The first-order valence-electron chi connectivity index (χ1n) is 3.35. The Morgan fingerprint density at radius 3 is 3.09 bits per heavy atom. The van der Waals surface area contributed by atoms with E-state index < -0.39 is 0 Å². The van der Waals surface area contributed by atoms with Crippen molar-refractivity contribution in [2.75, 3.05) is 0 Å². The fourth-order valence-corrected chi connectivity index (χ4v) is 1.47. The molecule has 0 aliphatic heterocycles. The van der Waals surface area contributed by atoms with Crippen molar-refractivity contribution in [3.05, 3.63) is 22.4 Å². The van der Waals surface area contributed by atoms with Gasteiger partial charge in [0.25, 0.3) is 0 Å². The lowest BCUT2D eigenvalue weighted by Gasteiger charge is -1.95. The van der Waals surface area contributed by atoms with Crippen molar-refractivity contribution < 1.29 is 4.79 Å². The van der Waals surface area contributed by atoms with Gasteiger partial charge in [-0.2, -0.15) is 0 Å². The molecule has 0 atom stereocenters. The normalized spacial score (nSPS) is 9.55. The molecule has 3 N–H and O–H groups in total. The Morgan fingerprint density at radius 2 is 2.55 bits per heavy atom. The first-order chi connectivity index (χ1) is 5.33. The molecular weight excluding hydrogens is 160 g/mol. The van der Waals surface area contributed by atoms with Crippen LogP contribution in [0.15, 0.2) is 17.5 Å². The van der Waals surface area contributed by atoms with Crippen molar-refractivity contribution in [3.63, 3.8) is 0 Å². The molecule has 0 spiro atoms. The summed E-state index contributed by atoms with van der Waals surface area (Å²) in [4.78, 5) is 11.9. The van der Waals surface area contributed by atoms with Gasteiger partial charge < -0.3 is 0 Å². The van der Waals surface area contributed by atoms with Gasteiger partial charge in [0, 0.05) is 11.3 Å². The summed E-state index contributed by atoms with van der Waals surface area (Å²) in [5.74, 6) is 4.80. The molecule has 0 fully saturated rings. The SMILES string of the molecule is NNC(=O)CCc1cccs1. The van der Waals surface area contributed by atoms with Crippen LogP contribution < -0.4 is 11.3 Å². The summed E-state index contributed by atoms with van der Waals surface area (Å²) in [5, 5.41) is 2.00. The van der Waals surface area contributed by atoms with E-state index >= 15 is 0 Å². The minimum Gasteiger partial charge on any atom is -0.294 e. The largest absolute Gasteiger partial charge is 0.294 e. The van der Waals surface area contributed by atoms with Crippen LogP contribution in [0.25, 0.3) is 0 Å². The predicted octanol–water partition coefficient (Wildman–Crippen LogP) is 0.671. The number of carbonyl (C=O) groups excluding carboxylic acids is 1. The zero-order valence-corrected chi connectivity index (χ0v) is 6.86. The van der Waals surface area contributed by atoms with Crippen molar-refractivity contribution in [1.29, 1.82) is 0 Å². The van der Waals surface area contributed by atoms with Gasteiger partial charge >= 0.3 is 0 Å². The lowest BCUT2D eigenvalue weighted by atomic mass is 10.2. The van der Waals surface area contributed by atoms with Crippen LogP contribution in [0.1, 0.15) is 11.3 Å². The molecule has 60 valence electrons. The van der Waals surface area contributed by atoms with Gasteiger partial charge in [0.05, 0.1) is 0 Å². The van der Waals surface area contributed by atoms with E-state index in [1.54, 1.807) is 11.3 Å². The maximum atomic E-state index is 10.7. The van der Waals surface area contributed by atoms with Crippen LogP contribution in [0.3, 0.4) is 0 Å². The minimum atomic E-state index is -0.113. The molecule has 0 saturated carbocycles. The predicted molar refractivity (Wildman–Crippen MR) is 45.0 cm³/mol. The van der Waals surface area contributed by atoms with E-state index in [-0.39, 0.29) is 5.91 Å². The number of amides is 1. The first-order valence-corrected chi connectivity index (χ1v) is 4.22. The highest BCUT2D eigenvalue weighted by Crippen LogP contribution is 2.10. The summed E-state index contributed by atoms with van der Waals surface area (Å²) >= 11 is 1.65. The quantitative estimate of drug-likeness (QED) is 0.398. The van der Waals surface area contributed by atoms with Crippen molar-refractivity contribution >= 4 is 17.2 Å². The molecule has 4 heteroatoms. The summed E-state index contributed by atoms with van der Waals surface area (Å²) in [6, 6.07) is 3.98. The van der Waals surface area contributed by atoms with E-state index in [1.807, 2.05) is 17.5 Å². The molecule has 0 saturated heterocycles. The Balaban J connectivity index is 2.29. The van der Waals surface area contributed by atoms with Gasteiger partial charge in [0.1, 0.15) is 0 Å². The van der Waals surface area contributed by atoms with Crippen molar-refractivity contribution in [2.45, 2.75) is 12.8 Å². The minimum absolute atomic E-state index is 0.113. The topological polar surface area (TPSA) is 55.1 Å². The summed E-state index contributed by atoms with van der Waals surface area (Å²) < 4.78 is 0. The highest BCUT2D eigenvalue weighted by atomic mass is 32.1. The summed E-state index contributed by atoms with van der Waals surface area (Å²) in [5.41, 5.74) is 2.09. The molecule has 0 radical (unpaired) electrons. The third-order valence-electron chi connectivity index (χ3n) is 1.34. The van der Waals surface area contributed by atoms with Crippen LogP contribution in [-0.4, -0.2) is 5.91 Å². The second-order valence-corrected chi connectivity index (χ2v) is 3.18. The summed E-state index contributed by atoms with van der Waals surface area (Å²) in [7, 11) is 0. The van der Waals surface area contributed by atoms with Crippen molar-refractivity contribution in [1.82, 2.24) is 5.43 Å². The van der Waals surface area contributed by atoms with Crippen LogP contribution >= 0.6 is 11.3 Å². The van der Waals surface area contributed by atoms with Gasteiger partial charge in [0.2, 0.25) is 5.91 Å². The van der Waals surface area contributed by atoms with Crippen molar-refractivity contribution in [2.24, 2.45) is 5.84 Å². The highest BCUT2D eigenvalue weighted by molar-refractivity contribution is 7.09. The average Bonchev–Trinajstić information content (AvgIpc) is 2.52. The second kappa shape index (κ2) is 4.10. The number of aryl methyl sites for hydroxylation is 1. The Morgan fingerprint density at radius 1 is 1.73 bits per heavy atom. The number of thiophene rings is 1. The van der Waals surface area contributed by atoms with Gasteiger partial charge in [-0.05, 0) is 17.9 Å². The van der Waals surface area contributed by atoms with Gasteiger partial charge in [-0.3, -0.25) is 10.2 Å².